The summed E-state index contributed by atoms with van der Waals surface area (Å²) >= 11 is 3.59. The minimum absolute atomic E-state index is 0.141. The number of halogens is 1. The monoisotopic (exact) mass is 353 g/mol. The van der Waals surface area contributed by atoms with Crippen LogP contribution < -0.4 is 9.64 Å². The number of hydrogen-bond acceptors (Lipinski definition) is 3. The van der Waals surface area contributed by atoms with Crippen molar-refractivity contribution in [3.05, 3.63) is 22.2 Å². The number of nitrogens with zero attached hydrogens (tertiary/aromatic N) is 1. The van der Waals surface area contributed by atoms with Crippen LogP contribution in [-0.2, 0) is 11.2 Å². The van der Waals surface area contributed by atoms with Gasteiger partial charge in [0.15, 0.2) is 0 Å². The highest BCUT2D eigenvalue weighted by atomic mass is 79.9. The number of benzene rings is 1. The van der Waals surface area contributed by atoms with E-state index in [1.165, 1.54) is 13.5 Å². The number of amides is 1. The Balaban J connectivity index is 2.00. The SMILES string of the molecule is COC(=O)N1c2ccc(Br)c(OC3CCC3)c2CCC1C. The number of carbonyl (C=O) groups excluding carboxylic acids is 1. The first kappa shape index (κ1) is 14.7. The van der Waals surface area contributed by atoms with Crippen molar-refractivity contribution >= 4 is 27.7 Å². The Morgan fingerprint density at radius 3 is 2.71 bits per heavy atom. The molecule has 0 spiro atoms. The lowest BCUT2D eigenvalue weighted by atomic mass is 9.94. The second kappa shape index (κ2) is 5.87. The van der Waals surface area contributed by atoms with Crippen LogP contribution in [0.4, 0.5) is 10.5 Å². The van der Waals surface area contributed by atoms with Gasteiger partial charge in [-0.15, -0.1) is 0 Å². The molecule has 1 aliphatic carbocycles. The number of methoxy groups -OCH3 is 1. The highest BCUT2D eigenvalue weighted by molar-refractivity contribution is 9.10. The van der Waals surface area contributed by atoms with Gasteiger partial charge in [0, 0.05) is 11.6 Å². The van der Waals surface area contributed by atoms with E-state index in [4.69, 9.17) is 9.47 Å². The molecule has 1 saturated carbocycles. The number of carbonyl (C=O) groups is 1. The molecule has 3 rings (SSSR count). The molecule has 0 bridgehead atoms. The molecular weight excluding hydrogens is 334 g/mol. The first-order valence-electron chi connectivity index (χ1n) is 7.47. The quantitative estimate of drug-likeness (QED) is 0.795. The van der Waals surface area contributed by atoms with Gasteiger partial charge >= 0.3 is 6.09 Å². The molecule has 21 heavy (non-hydrogen) atoms. The number of hydrogen-bond donors (Lipinski definition) is 0. The summed E-state index contributed by atoms with van der Waals surface area (Å²) in [5.74, 6) is 0.901. The van der Waals surface area contributed by atoms with Crippen molar-refractivity contribution in [2.75, 3.05) is 12.0 Å². The standard InChI is InChI=1S/C16H20BrNO3/c1-10-6-7-12-14(18(10)16(19)20-2)9-8-13(17)15(12)21-11-4-3-5-11/h8-11H,3-7H2,1-2H3. The van der Waals surface area contributed by atoms with E-state index in [2.05, 4.69) is 15.9 Å². The van der Waals surface area contributed by atoms with Crippen LogP contribution in [0.5, 0.6) is 5.75 Å². The Labute approximate surface area is 133 Å². The zero-order chi connectivity index (χ0) is 15.0. The molecule has 1 amide bonds. The van der Waals surface area contributed by atoms with Crippen molar-refractivity contribution in [1.29, 1.82) is 0 Å². The van der Waals surface area contributed by atoms with Crippen molar-refractivity contribution in [2.24, 2.45) is 0 Å². The fourth-order valence-electron chi connectivity index (χ4n) is 2.94. The van der Waals surface area contributed by atoms with Crippen LogP contribution in [0.1, 0.15) is 38.2 Å². The third-order valence-electron chi connectivity index (χ3n) is 4.41. The summed E-state index contributed by atoms with van der Waals surface area (Å²) in [5.41, 5.74) is 2.03. The second-order valence-corrected chi connectivity index (χ2v) is 6.63. The van der Waals surface area contributed by atoms with E-state index in [1.54, 1.807) is 4.90 Å². The molecule has 4 nitrogen and oxygen atoms in total. The Morgan fingerprint density at radius 1 is 1.33 bits per heavy atom. The lowest BCUT2D eigenvalue weighted by Crippen LogP contribution is -2.42. The molecule has 1 atom stereocenters. The third-order valence-corrected chi connectivity index (χ3v) is 5.03. The Kier molecular flexibility index (Phi) is 4.11. The topological polar surface area (TPSA) is 38.8 Å². The maximum Gasteiger partial charge on any atom is 0.414 e. The molecule has 1 aromatic carbocycles. The van der Waals surface area contributed by atoms with Crippen LogP contribution in [0.2, 0.25) is 0 Å². The number of fused-ring (bicyclic) bond motifs is 1. The van der Waals surface area contributed by atoms with E-state index < -0.39 is 0 Å². The van der Waals surface area contributed by atoms with Gasteiger partial charge in [0.2, 0.25) is 0 Å². The largest absolute Gasteiger partial charge is 0.489 e. The van der Waals surface area contributed by atoms with E-state index in [-0.39, 0.29) is 12.1 Å². The van der Waals surface area contributed by atoms with E-state index in [0.717, 1.165) is 47.2 Å². The second-order valence-electron chi connectivity index (χ2n) is 5.77. The average Bonchev–Trinajstić information content (AvgIpc) is 2.43. The van der Waals surface area contributed by atoms with Gasteiger partial charge in [-0.2, -0.15) is 0 Å². The summed E-state index contributed by atoms with van der Waals surface area (Å²) in [7, 11) is 1.42. The van der Waals surface area contributed by atoms with Crippen molar-refractivity contribution in [1.82, 2.24) is 0 Å². The molecule has 114 valence electrons. The summed E-state index contributed by atoms with van der Waals surface area (Å²) in [6, 6.07) is 4.07. The van der Waals surface area contributed by atoms with Gasteiger partial charge in [0.05, 0.1) is 23.4 Å². The van der Waals surface area contributed by atoms with Crippen LogP contribution in [0.25, 0.3) is 0 Å². The van der Waals surface area contributed by atoms with Crippen molar-refractivity contribution < 1.29 is 14.3 Å². The van der Waals surface area contributed by atoms with Gasteiger partial charge in [0.25, 0.3) is 0 Å². The molecule has 1 aliphatic heterocycles. The lowest BCUT2D eigenvalue weighted by molar-refractivity contribution is 0.118. The van der Waals surface area contributed by atoms with E-state index in [1.807, 2.05) is 19.1 Å². The smallest absolute Gasteiger partial charge is 0.414 e. The molecule has 1 heterocycles. The fraction of sp³-hybridized carbons (Fsp3) is 0.562. The minimum atomic E-state index is -0.305. The number of ether oxygens (including phenoxy) is 2. The van der Waals surface area contributed by atoms with Gasteiger partial charge in [-0.3, -0.25) is 4.90 Å². The lowest BCUT2D eigenvalue weighted by Gasteiger charge is -2.36. The molecule has 5 heteroatoms. The van der Waals surface area contributed by atoms with Gasteiger partial charge in [-0.1, -0.05) is 0 Å². The fourth-order valence-corrected chi connectivity index (χ4v) is 3.40. The molecule has 0 N–H and O–H groups in total. The molecular formula is C16H20BrNO3. The predicted octanol–water partition coefficient (Wildman–Crippen LogP) is 4.29. The summed E-state index contributed by atoms with van der Waals surface area (Å²) in [6.45, 7) is 2.05. The van der Waals surface area contributed by atoms with Crippen LogP contribution in [-0.4, -0.2) is 25.3 Å². The van der Waals surface area contributed by atoms with Gasteiger partial charge in [-0.25, -0.2) is 4.79 Å². The highest BCUT2D eigenvalue weighted by Gasteiger charge is 2.32. The zero-order valence-corrected chi connectivity index (χ0v) is 14.0. The van der Waals surface area contributed by atoms with Gasteiger partial charge < -0.3 is 9.47 Å². The molecule has 0 aromatic heterocycles. The predicted molar refractivity (Wildman–Crippen MR) is 85.1 cm³/mol. The number of rotatable bonds is 2. The summed E-state index contributed by atoms with van der Waals surface area (Å²) in [5, 5.41) is 0. The normalized spacial score (nSPS) is 21.5. The average molecular weight is 354 g/mol. The van der Waals surface area contributed by atoms with Gasteiger partial charge in [0.1, 0.15) is 5.75 Å². The first-order chi connectivity index (χ1) is 10.1. The maximum absolute atomic E-state index is 12.1. The summed E-state index contributed by atoms with van der Waals surface area (Å²) in [6.07, 6.45) is 5.33. The molecule has 1 aromatic rings. The number of anilines is 1. The molecule has 0 saturated heterocycles. The van der Waals surface area contributed by atoms with E-state index in [0.29, 0.717) is 6.10 Å². The van der Waals surface area contributed by atoms with Gasteiger partial charge in [-0.05, 0) is 67.1 Å². The molecule has 0 radical (unpaired) electrons. The highest BCUT2D eigenvalue weighted by Crippen LogP contribution is 2.43. The Morgan fingerprint density at radius 2 is 2.10 bits per heavy atom. The van der Waals surface area contributed by atoms with E-state index in [9.17, 15) is 4.79 Å². The third kappa shape index (κ3) is 2.63. The molecule has 1 fully saturated rings. The zero-order valence-electron chi connectivity index (χ0n) is 12.4. The van der Waals surface area contributed by atoms with Crippen molar-refractivity contribution in [3.63, 3.8) is 0 Å². The summed E-state index contributed by atoms with van der Waals surface area (Å²) in [4.78, 5) is 13.8. The molecule has 1 unspecified atom stereocenters. The van der Waals surface area contributed by atoms with Crippen LogP contribution in [0.15, 0.2) is 16.6 Å². The maximum atomic E-state index is 12.1. The van der Waals surface area contributed by atoms with E-state index >= 15 is 0 Å². The molecule has 2 aliphatic rings. The van der Waals surface area contributed by atoms with Crippen LogP contribution >= 0.6 is 15.9 Å². The van der Waals surface area contributed by atoms with Crippen LogP contribution in [0.3, 0.4) is 0 Å². The van der Waals surface area contributed by atoms with Crippen LogP contribution in [0, 0.1) is 0 Å². The Bertz CT molecular complexity index is 557. The van der Waals surface area contributed by atoms with Crippen molar-refractivity contribution in [3.8, 4) is 5.75 Å². The minimum Gasteiger partial charge on any atom is -0.489 e. The Hall–Kier alpha value is -1.23. The summed E-state index contributed by atoms with van der Waals surface area (Å²) < 4.78 is 12.1. The van der Waals surface area contributed by atoms with Crippen molar-refractivity contribution in [2.45, 2.75) is 51.2 Å². The first-order valence-corrected chi connectivity index (χ1v) is 8.26.